The average Bonchev–Trinajstić information content (AvgIpc) is 2.24. The molecule has 0 N–H and O–H groups in total. The first-order valence-electron chi connectivity index (χ1n) is 4.46. The maximum absolute atomic E-state index is 10.2. The predicted molar refractivity (Wildman–Crippen MR) is 54.5 cm³/mol. The number of carboxylic acids is 2. The maximum atomic E-state index is 10.2. The molecule has 0 saturated carbocycles. The minimum absolute atomic E-state index is 0.643. The van der Waals surface area contributed by atoms with Crippen LogP contribution in [-0.4, -0.2) is 11.9 Å². The lowest BCUT2D eigenvalue weighted by Crippen LogP contribution is -2.18. The molecule has 16 heavy (non-hydrogen) atoms. The van der Waals surface area contributed by atoms with Gasteiger partial charge in [-0.25, -0.2) is 0 Å². The first kappa shape index (κ1) is 11.7. The SMILES string of the molecule is O=C([O-])/C=C/c1cccc(/C=C/C(=O)[O-])c1. The summed E-state index contributed by atoms with van der Waals surface area (Å²) in [5, 5.41) is 20.3. The van der Waals surface area contributed by atoms with Crippen LogP contribution in [0.15, 0.2) is 36.4 Å². The van der Waals surface area contributed by atoms with E-state index >= 15 is 0 Å². The average molecular weight is 216 g/mol. The van der Waals surface area contributed by atoms with Gasteiger partial charge in [0.25, 0.3) is 0 Å². The third-order valence-electron chi connectivity index (χ3n) is 1.73. The molecule has 0 radical (unpaired) electrons. The van der Waals surface area contributed by atoms with Gasteiger partial charge >= 0.3 is 0 Å². The maximum Gasteiger partial charge on any atom is 0.0643 e. The highest BCUT2D eigenvalue weighted by Crippen LogP contribution is 2.08. The van der Waals surface area contributed by atoms with Gasteiger partial charge in [0, 0.05) is 0 Å². The molecule has 4 heteroatoms. The fourth-order valence-corrected chi connectivity index (χ4v) is 1.09. The Labute approximate surface area is 92.2 Å². The van der Waals surface area contributed by atoms with E-state index < -0.39 is 11.9 Å². The molecule has 0 aliphatic rings. The van der Waals surface area contributed by atoms with Gasteiger partial charge in [-0.1, -0.05) is 30.4 Å². The summed E-state index contributed by atoms with van der Waals surface area (Å²) in [6.07, 6.45) is 4.54. The molecule has 0 atom stereocenters. The van der Waals surface area contributed by atoms with E-state index in [1.165, 1.54) is 12.2 Å². The van der Waals surface area contributed by atoms with Gasteiger partial charge in [0.1, 0.15) is 0 Å². The minimum Gasteiger partial charge on any atom is -0.545 e. The van der Waals surface area contributed by atoms with Crippen molar-refractivity contribution in [2.45, 2.75) is 0 Å². The van der Waals surface area contributed by atoms with Crippen LogP contribution in [0.25, 0.3) is 12.2 Å². The number of hydrogen-bond acceptors (Lipinski definition) is 4. The van der Waals surface area contributed by atoms with Crippen molar-refractivity contribution in [3.8, 4) is 0 Å². The summed E-state index contributed by atoms with van der Waals surface area (Å²) < 4.78 is 0. The molecule has 4 nitrogen and oxygen atoms in total. The molecule has 1 rings (SSSR count). The second kappa shape index (κ2) is 5.50. The van der Waals surface area contributed by atoms with E-state index in [-0.39, 0.29) is 0 Å². The van der Waals surface area contributed by atoms with E-state index in [1.807, 2.05) is 0 Å². The van der Waals surface area contributed by atoms with Crippen LogP contribution in [0.1, 0.15) is 11.1 Å². The summed E-state index contributed by atoms with van der Waals surface area (Å²) in [7, 11) is 0. The van der Waals surface area contributed by atoms with Crippen molar-refractivity contribution >= 4 is 24.1 Å². The third-order valence-corrected chi connectivity index (χ3v) is 1.73. The Kier molecular flexibility index (Phi) is 4.03. The van der Waals surface area contributed by atoms with Crippen LogP contribution in [0.2, 0.25) is 0 Å². The molecule has 0 aliphatic heterocycles. The van der Waals surface area contributed by atoms with Crippen molar-refractivity contribution < 1.29 is 19.8 Å². The van der Waals surface area contributed by atoms with E-state index in [0.29, 0.717) is 11.1 Å². The predicted octanol–water partition coefficient (Wildman–Crippen LogP) is -0.787. The number of benzene rings is 1. The topological polar surface area (TPSA) is 80.3 Å². The van der Waals surface area contributed by atoms with Crippen molar-refractivity contribution in [3.05, 3.63) is 47.5 Å². The Morgan fingerprint density at radius 2 is 1.38 bits per heavy atom. The van der Waals surface area contributed by atoms with Gasteiger partial charge in [-0.05, 0) is 29.3 Å². The fourth-order valence-electron chi connectivity index (χ4n) is 1.09. The summed E-state index contributed by atoms with van der Waals surface area (Å²) >= 11 is 0. The number of hydrogen-bond donors (Lipinski definition) is 0. The van der Waals surface area contributed by atoms with E-state index in [9.17, 15) is 19.8 Å². The minimum atomic E-state index is -1.28. The first-order chi connectivity index (χ1) is 7.58. The van der Waals surface area contributed by atoms with Crippen LogP contribution in [0.4, 0.5) is 0 Å². The zero-order valence-electron chi connectivity index (χ0n) is 8.25. The van der Waals surface area contributed by atoms with Gasteiger partial charge in [0.2, 0.25) is 0 Å². The monoisotopic (exact) mass is 216 g/mol. The summed E-state index contributed by atoms with van der Waals surface area (Å²) in [5.41, 5.74) is 1.29. The molecule has 0 aromatic heterocycles. The Morgan fingerprint density at radius 1 is 0.938 bits per heavy atom. The molecule has 0 spiro atoms. The van der Waals surface area contributed by atoms with Crippen LogP contribution in [0.3, 0.4) is 0 Å². The fraction of sp³-hybridized carbons (Fsp3) is 0. The van der Waals surface area contributed by atoms with E-state index in [4.69, 9.17) is 0 Å². The van der Waals surface area contributed by atoms with Gasteiger partial charge in [-0.15, -0.1) is 0 Å². The van der Waals surface area contributed by atoms with Gasteiger partial charge in [-0.3, -0.25) is 0 Å². The number of carbonyl (C=O) groups excluding carboxylic acids is 2. The first-order valence-corrected chi connectivity index (χ1v) is 4.46. The lowest BCUT2D eigenvalue weighted by molar-refractivity contribution is -0.298. The van der Waals surface area contributed by atoms with Crippen LogP contribution in [-0.2, 0) is 9.59 Å². The molecule has 0 aliphatic carbocycles. The molecule has 0 saturated heterocycles. The third kappa shape index (κ3) is 4.23. The van der Waals surface area contributed by atoms with E-state index in [2.05, 4.69) is 0 Å². The van der Waals surface area contributed by atoms with Crippen LogP contribution < -0.4 is 10.2 Å². The molecule has 0 amide bonds. The second-order valence-corrected chi connectivity index (χ2v) is 2.97. The van der Waals surface area contributed by atoms with Crippen molar-refractivity contribution in [2.24, 2.45) is 0 Å². The molecule has 0 bridgehead atoms. The van der Waals surface area contributed by atoms with Gasteiger partial charge < -0.3 is 19.8 Å². The van der Waals surface area contributed by atoms with Crippen molar-refractivity contribution in [1.29, 1.82) is 0 Å². The van der Waals surface area contributed by atoms with Crippen LogP contribution in [0.5, 0.6) is 0 Å². The quantitative estimate of drug-likeness (QED) is 0.618. The summed E-state index contributed by atoms with van der Waals surface area (Å²) in [4.78, 5) is 20.3. The highest BCUT2D eigenvalue weighted by atomic mass is 16.4. The molecule has 0 heterocycles. The van der Waals surface area contributed by atoms with E-state index in [1.54, 1.807) is 24.3 Å². The smallest absolute Gasteiger partial charge is 0.0643 e. The molecular formula is C12H8O4-2. The van der Waals surface area contributed by atoms with Crippen molar-refractivity contribution in [2.75, 3.05) is 0 Å². The van der Waals surface area contributed by atoms with Crippen LogP contribution >= 0.6 is 0 Å². The lowest BCUT2D eigenvalue weighted by atomic mass is 10.1. The molecular weight excluding hydrogens is 208 g/mol. The number of carbonyl (C=O) groups is 2. The van der Waals surface area contributed by atoms with E-state index in [0.717, 1.165) is 12.2 Å². The zero-order valence-corrected chi connectivity index (χ0v) is 8.25. The molecule has 1 aromatic rings. The molecule has 82 valence electrons. The van der Waals surface area contributed by atoms with Crippen LogP contribution in [0, 0.1) is 0 Å². The standard InChI is InChI=1S/C12H10O4/c13-11(14)6-4-9-2-1-3-10(8-9)5-7-12(15)16/h1-8H,(H,13,14)(H,15,16)/p-2/b6-4+,7-5+. The number of aliphatic carboxylic acids is 2. The Hall–Kier alpha value is -2.36. The zero-order chi connectivity index (χ0) is 12.0. The highest BCUT2D eigenvalue weighted by molar-refractivity contribution is 5.85. The summed E-state index contributed by atoms with van der Waals surface area (Å²) in [5.74, 6) is -2.56. The van der Waals surface area contributed by atoms with Gasteiger partial charge in [0.05, 0.1) is 11.9 Å². The van der Waals surface area contributed by atoms with Gasteiger partial charge in [-0.2, -0.15) is 0 Å². The lowest BCUT2D eigenvalue weighted by Gasteiger charge is -1.98. The molecule has 0 fully saturated rings. The summed E-state index contributed by atoms with van der Waals surface area (Å²) in [6.45, 7) is 0. The normalized spacial score (nSPS) is 11.0. The number of carboxylic acid groups (broad SMARTS) is 2. The second-order valence-electron chi connectivity index (χ2n) is 2.97. The Balaban J connectivity index is 2.87. The molecule has 1 aromatic carbocycles. The van der Waals surface area contributed by atoms with Gasteiger partial charge in [0.15, 0.2) is 0 Å². The largest absolute Gasteiger partial charge is 0.545 e. The Morgan fingerprint density at radius 3 is 1.75 bits per heavy atom. The highest BCUT2D eigenvalue weighted by Gasteiger charge is 1.89. The number of rotatable bonds is 4. The van der Waals surface area contributed by atoms with Crippen molar-refractivity contribution in [1.82, 2.24) is 0 Å². The summed E-state index contributed by atoms with van der Waals surface area (Å²) in [6, 6.07) is 6.70. The van der Waals surface area contributed by atoms with Crippen molar-refractivity contribution in [3.63, 3.8) is 0 Å². The Bertz CT molecular complexity index is 419. The molecule has 0 unspecified atom stereocenters.